The summed E-state index contributed by atoms with van der Waals surface area (Å²) in [7, 11) is 0. The minimum Gasteiger partial charge on any atom is -0.483 e. The van der Waals surface area contributed by atoms with Crippen molar-refractivity contribution in [3.63, 3.8) is 0 Å². The highest BCUT2D eigenvalue weighted by Crippen LogP contribution is 2.49. The van der Waals surface area contributed by atoms with Crippen molar-refractivity contribution in [2.75, 3.05) is 4.90 Å². The zero-order chi connectivity index (χ0) is 20.2. The number of thiazole rings is 1. The van der Waals surface area contributed by atoms with Crippen LogP contribution < -0.4 is 4.90 Å². The monoisotopic (exact) mass is 416 g/mol. The van der Waals surface area contributed by atoms with E-state index in [0.717, 1.165) is 41.5 Å². The molecule has 5 nitrogen and oxygen atoms in total. The molecular weight excluding hydrogens is 396 g/mol. The van der Waals surface area contributed by atoms with Crippen LogP contribution in [0.1, 0.15) is 37.3 Å². The van der Waals surface area contributed by atoms with Gasteiger partial charge in [0.1, 0.15) is 6.10 Å². The molecule has 3 aliphatic rings. The van der Waals surface area contributed by atoms with Crippen LogP contribution in [-0.2, 0) is 14.3 Å². The second-order valence-corrected chi connectivity index (χ2v) is 9.12. The van der Waals surface area contributed by atoms with Crippen LogP contribution in [0.3, 0.4) is 0 Å². The number of carbonyl (C=O) groups excluding carboxylic acids is 2. The van der Waals surface area contributed by atoms with E-state index in [-0.39, 0.29) is 29.5 Å². The van der Waals surface area contributed by atoms with E-state index in [1.54, 1.807) is 4.90 Å². The number of carbonyl (C=O) groups is 2. The molecule has 2 aromatic carbocycles. The smallest absolute Gasteiger partial charge is 0.296 e. The lowest BCUT2D eigenvalue weighted by atomic mass is 9.77. The van der Waals surface area contributed by atoms with Crippen molar-refractivity contribution >= 4 is 38.4 Å². The van der Waals surface area contributed by atoms with Crippen LogP contribution in [0.25, 0.3) is 10.2 Å². The second-order valence-electron chi connectivity index (χ2n) is 8.11. The molecule has 2 aliphatic heterocycles. The van der Waals surface area contributed by atoms with Gasteiger partial charge in [0.15, 0.2) is 16.7 Å². The van der Waals surface area contributed by atoms with Gasteiger partial charge in [0.2, 0.25) is 0 Å². The number of anilines is 1. The fraction of sp³-hybridized carbons (Fsp3) is 0.292. The predicted molar refractivity (Wildman–Crippen MR) is 115 cm³/mol. The molecule has 3 atom stereocenters. The molecule has 150 valence electrons. The Balaban J connectivity index is 1.52. The Morgan fingerprint density at radius 2 is 1.73 bits per heavy atom. The summed E-state index contributed by atoms with van der Waals surface area (Å²) in [5.41, 5.74) is 2.26. The third-order valence-corrected chi connectivity index (χ3v) is 7.40. The van der Waals surface area contributed by atoms with Crippen LogP contribution >= 0.6 is 11.3 Å². The average Bonchev–Trinajstić information content (AvgIpc) is 3.33. The summed E-state index contributed by atoms with van der Waals surface area (Å²) < 4.78 is 7.23. The fourth-order valence-electron chi connectivity index (χ4n) is 4.96. The van der Waals surface area contributed by atoms with Gasteiger partial charge in [0.05, 0.1) is 27.7 Å². The summed E-state index contributed by atoms with van der Waals surface area (Å²) in [5, 5.41) is 0.601. The third kappa shape index (κ3) is 2.56. The van der Waals surface area contributed by atoms with Gasteiger partial charge < -0.3 is 4.74 Å². The van der Waals surface area contributed by atoms with Gasteiger partial charge in [-0.25, -0.2) is 4.98 Å². The van der Waals surface area contributed by atoms with E-state index in [1.165, 1.54) is 11.3 Å². The minimum absolute atomic E-state index is 0.0757. The number of benzene rings is 2. The van der Waals surface area contributed by atoms with Crippen LogP contribution in [0.5, 0.6) is 0 Å². The van der Waals surface area contributed by atoms with Crippen molar-refractivity contribution in [2.24, 2.45) is 5.92 Å². The number of ether oxygens (including phenoxy) is 1. The molecule has 6 rings (SSSR count). The molecule has 0 spiro atoms. The Morgan fingerprint density at radius 1 is 0.967 bits per heavy atom. The van der Waals surface area contributed by atoms with Crippen LogP contribution in [0.4, 0.5) is 5.13 Å². The van der Waals surface area contributed by atoms with Gasteiger partial charge in [-0.15, -0.1) is 0 Å². The zero-order valence-corrected chi connectivity index (χ0v) is 17.1. The highest BCUT2D eigenvalue weighted by atomic mass is 32.1. The largest absolute Gasteiger partial charge is 0.483 e. The molecule has 0 radical (unpaired) electrons. The maximum atomic E-state index is 13.6. The minimum atomic E-state index is -0.496. The maximum Gasteiger partial charge on any atom is 0.296 e. The number of Topliss-reactive ketones (excluding diaryl/α,β-unsaturated/α-hetero) is 1. The fourth-order valence-corrected chi connectivity index (χ4v) is 5.95. The van der Waals surface area contributed by atoms with Crippen molar-refractivity contribution < 1.29 is 14.3 Å². The van der Waals surface area contributed by atoms with Gasteiger partial charge in [0, 0.05) is 0 Å². The molecule has 1 aromatic heterocycles. The van der Waals surface area contributed by atoms with Gasteiger partial charge in [-0.2, -0.15) is 0 Å². The topological polar surface area (TPSA) is 59.5 Å². The Labute approximate surface area is 178 Å². The Bertz CT molecular complexity index is 1170. The van der Waals surface area contributed by atoms with Gasteiger partial charge in [0.25, 0.3) is 5.91 Å². The van der Waals surface area contributed by atoms with E-state index in [0.29, 0.717) is 10.7 Å². The normalized spacial score (nSPS) is 26.0. The van der Waals surface area contributed by atoms with Crippen molar-refractivity contribution in [1.29, 1.82) is 0 Å². The van der Waals surface area contributed by atoms with E-state index in [9.17, 15) is 9.59 Å². The molecule has 1 aliphatic carbocycles. The first kappa shape index (κ1) is 17.8. The summed E-state index contributed by atoms with van der Waals surface area (Å²) >= 11 is 1.47. The standard InChI is InChI=1S/C24H20N2O3S/c27-21-15-10-4-6-12-17(15)29-22-19(21)20(14-8-2-1-3-9-14)26(23(22)28)24-25-16-11-5-7-13-18(16)30-24/h1-3,5,7-9,11,13,15,17,20H,4,6,10,12H2. The zero-order valence-electron chi connectivity index (χ0n) is 16.3. The SMILES string of the molecule is O=C1C2=C(OC3CCCCC13)C(=O)N(c1nc3ccccc3s1)C2c1ccccc1. The molecule has 6 heteroatoms. The summed E-state index contributed by atoms with van der Waals surface area (Å²) in [6, 6.07) is 17.1. The predicted octanol–water partition coefficient (Wildman–Crippen LogP) is 4.80. The van der Waals surface area contributed by atoms with Crippen LogP contribution in [0.15, 0.2) is 65.9 Å². The number of nitrogens with zero attached hydrogens (tertiary/aromatic N) is 2. The van der Waals surface area contributed by atoms with Crippen LogP contribution in [0, 0.1) is 5.92 Å². The van der Waals surface area contributed by atoms with Crippen molar-refractivity contribution in [2.45, 2.75) is 37.8 Å². The molecule has 0 N–H and O–H groups in total. The number of para-hydroxylation sites is 1. The molecule has 30 heavy (non-hydrogen) atoms. The summed E-state index contributed by atoms with van der Waals surface area (Å²) in [6.45, 7) is 0. The molecule has 1 amide bonds. The van der Waals surface area contributed by atoms with E-state index in [4.69, 9.17) is 9.72 Å². The molecule has 0 saturated heterocycles. The highest BCUT2D eigenvalue weighted by molar-refractivity contribution is 7.22. The first-order chi connectivity index (χ1) is 14.7. The maximum absolute atomic E-state index is 13.6. The van der Waals surface area contributed by atoms with Gasteiger partial charge in [-0.05, 0) is 37.0 Å². The molecule has 3 aromatic rings. The van der Waals surface area contributed by atoms with Gasteiger partial charge in [-0.3, -0.25) is 14.5 Å². The Morgan fingerprint density at radius 3 is 2.57 bits per heavy atom. The summed E-state index contributed by atoms with van der Waals surface area (Å²) in [4.78, 5) is 33.6. The number of ketones is 1. The molecular formula is C24H20N2O3S. The van der Waals surface area contributed by atoms with Crippen molar-refractivity contribution in [3.05, 3.63) is 71.5 Å². The van der Waals surface area contributed by atoms with E-state index in [1.807, 2.05) is 54.6 Å². The van der Waals surface area contributed by atoms with Gasteiger partial charge >= 0.3 is 0 Å². The van der Waals surface area contributed by atoms with Crippen molar-refractivity contribution in [1.82, 2.24) is 4.98 Å². The highest BCUT2D eigenvalue weighted by Gasteiger charge is 2.53. The van der Waals surface area contributed by atoms with E-state index < -0.39 is 6.04 Å². The molecule has 3 unspecified atom stereocenters. The number of amides is 1. The summed E-state index contributed by atoms with van der Waals surface area (Å²) in [5.74, 6) is -0.0925. The Kier molecular flexibility index (Phi) is 4.03. The molecule has 1 saturated carbocycles. The molecule has 1 fully saturated rings. The number of aromatic nitrogens is 1. The lowest BCUT2D eigenvalue weighted by Crippen LogP contribution is -2.39. The first-order valence-corrected chi connectivity index (χ1v) is 11.2. The van der Waals surface area contributed by atoms with Gasteiger partial charge in [-0.1, -0.05) is 60.2 Å². The second kappa shape index (κ2) is 6.77. The number of fused-ring (bicyclic) bond motifs is 2. The first-order valence-electron chi connectivity index (χ1n) is 10.4. The third-order valence-electron chi connectivity index (χ3n) is 6.37. The van der Waals surface area contributed by atoms with E-state index >= 15 is 0 Å². The number of rotatable bonds is 2. The number of hydrogen-bond donors (Lipinski definition) is 0. The molecule has 3 heterocycles. The lowest BCUT2D eigenvalue weighted by Gasteiger charge is -2.35. The van der Waals surface area contributed by atoms with Crippen LogP contribution in [0.2, 0.25) is 0 Å². The van der Waals surface area contributed by atoms with Crippen molar-refractivity contribution in [3.8, 4) is 0 Å². The molecule has 0 bridgehead atoms. The van der Waals surface area contributed by atoms with Crippen LogP contribution in [-0.4, -0.2) is 22.8 Å². The lowest BCUT2D eigenvalue weighted by molar-refractivity contribution is -0.131. The quantitative estimate of drug-likeness (QED) is 0.602. The average molecular weight is 417 g/mol. The number of hydrogen-bond acceptors (Lipinski definition) is 5. The van der Waals surface area contributed by atoms with E-state index in [2.05, 4.69) is 0 Å². The summed E-state index contributed by atoms with van der Waals surface area (Å²) in [6.07, 6.45) is 3.55. The Hall–Kier alpha value is -2.99.